The number of ether oxygens (including phenoxy) is 4. The minimum absolute atomic E-state index is 0.0232. The lowest BCUT2D eigenvalue weighted by Crippen LogP contribution is -2.61. The minimum Gasteiger partial charge on any atom is -0.492 e. The number of methoxy groups -OCH3 is 2. The van der Waals surface area contributed by atoms with Gasteiger partial charge >= 0.3 is 5.97 Å². The number of halogens is 1. The second-order valence-electron chi connectivity index (χ2n) is 8.53. The number of hydrogen-bond acceptors (Lipinski definition) is 7. The summed E-state index contributed by atoms with van der Waals surface area (Å²) in [6.45, 7) is 6.12. The predicted molar refractivity (Wildman–Crippen MR) is 120 cm³/mol. The van der Waals surface area contributed by atoms with Gasteiger partial charge < -0.3 is 18.9 Å². The Labute approximate surface area is 191 Å². The number of aromatic nitrogens is 1. The average molecular weight is 463 g/mol. The second-order valence-corrected chi connectivity index (χ2v) is 8.93. The largest absolute Gasteiger partial charge is 0.492 e. The standard InChI is InChI=1S/C23H27ClN2O6/c1-23(2)13-31-12-19-15-9-21(32-7-5-6-29-3)17(24)8-14(15)18-10-20(27)16(22(28)30-4)11-25(18)26(19)23/h8-11,19H,5-7,12-13H2,1-4H3/t19-/m0/s1. The molecule has 2 aromatic rings. The summed E-state index contributed by atoms with van der Waals surface area (Å²) in [5.41, 5.74) is 1.57. The molecule has 0 saturated carbocycles. The summed E-state index contributed by atoms with van der Waals surface area (Å²) in [7, 11) is 2.91. The van der Waals surface area contributed by atoms with Crippen LogP contribution in [0.5, 0.6) is 5.75 Å². The molecule has 0 aliphatic carbocycles. The molecule has 1 fully saturated rings. The van der Waals surface area contributed by atoms with Crippen molar-refractivity contribution in [2.24, 2.45) is 0 Å². The van der Waals surface area contributed by atoms with Crippen LogP contribution in [0.25, 0.3) is 11.3 Å². The van der Waals surface area contributed by atoms with Crippen molar-refractivity contribution < 1.29 is 23.7 Å². The van der Waals surface area contributed by atoms with E-state index in [9.17, 15) is 9.59 Å². The molecule has 1 aromatic carbocycles. The van der Waals surface area contributed by atoms with E-state index < -0.39 is 16.9 Å². The predicted octanol–water partition coefficient (Wildman–Crippen LogP) is 3.17. The lowest BCUT2D eigenvalue weighted by Gasteiger charge is -2.53. The van der Waals surface area contributed by atoms with Crippen LogP contribution in [0.3, 0.4) is 0 Å². The molecule has 0 N–H and O–H groups in total. The van der Waals surface area contributed by atoms with Crippen molar-refractivity contribution in [2.75, 3.05) is 45.7 Å². The summed E-state index contributed by atoms with van der Waals surface area (Å²) in [6.07, 6.45) is 2.29. The van der Waals surface area contributed by atoms with Gasteiger partial charge in [-0.1, -0.05) is 11.6 Å². The van der Waals surface area contributed by atoms with E-state index >= 15 is 0 Å². The highest BCUT2D eigenvalue weighted by atomic mass is 35.5. The second kappa shape index (κ2) is 8.77. The van der Waals surface area contributed by atoms with Crippen molar-refractivity contribution in [3.63, 3.8) is 0 Å². The lowest BCUT2D eigenvalue weighted by molar-refractivity contribution is 0.0176. The van der Waals surface area contributed by atoms with E-state index in [0.717, 1.165) is 17.5 Å². The van der Waals surface area contributed by atoms with Gasteiger partial charge in [0.05, 0.1) is 49.2 Å². The molecule has 3 heterocycles. The third-order valence-corrected chi connectivity index (χ3v) is 6.10. The highest BCUT2D eigenvalue weighted by molar-refractivity contribution is 6.32. The summed E-state index contributed by atoms with van der Waals surface area (Å²) in [5.74, 6) is -0.0941. The first kappa shape index (κ1) is 22.6. The van der Waals surface area contributed by atoms with Crippen LogP contribution in [0.4, 0.5) is 0 Å². The van der Waals surface area contributed by atoms with Crippen molar-refractivity contribution >= 4 is 17.6 Å². The quantitative estimate of drug-likeness (QED) is 0.482. The topological polar surface area (TPSA) is 79.2 Å². The first-order valence-electron chi connectivity index (χ1n) is 10.5. The van der Waals surface area contributed by atoms with E-state index in [1.54, 1.807) is 13.3 Å². The van der Waals surface area contributed by atoms with Crippen molar-refractivity contribution in [3.8, 4) is 17.0 Å². The molecule has 32 heavy (non-hydrogen) atoms. The molecule has 0 bridgehead atoms. The summed E-state index contributed by atoms with van der Waals surface area (Å²) in [6, 6.07) is 5.04. The normalized spacial score (nSPS) is 18.4. The Balaban J connectivity index is 1.88. The lowest BCUT2D eigenvalue weighted by atomic mass is 9.90. The van der Waals surface area contributed by atoms with Crippen LogP contribution in [0.15, 0.2) is 29.2 Å². The molecule has 1 atom stereocenters. The van der Waals surface area contributed by atoms with Gasteiger partial charge in [-0.15, -0.1) is 0 Å². The fraction of sp³-hybridized carbons (Fsp3) is 0.478. The molecule has 2 aliphatic rings. The number of hydrogen-bond donors (Lipinski definition) is 0. The molecule has 2 aliphatic heterocycles. The molecular weight excluding hydrogens is 436 g/mol. The van der Waals surface area contributed by atoms with Gasteiger partial charge in [-0.05, 0) is 31.5 Å². The number of esters is 1. The Bertz CT molecular complexity index is 1100. The van der Waals surface area contributed by atoms with Crippen LogP contribution in [-0.2, 0) is 14.2 Å². The van der Waals surface area contributed by atoms with Crippen LogP contribution in [0, 0.1) is 0 Å². The Kier molecular flexibility index (Phi) is 6.20. The monoisotopic (exact) mass is 462 g/mol. The number of benzene rings is 1. The van der Waals surface area contributed by atoms with Crippen LogP contribution in [0.2, 0.25) is 5.02 Å². The molecule has 0 radical (unpaired) electrons. The molecule has 1 saturated heterocycles. The van der Waals surface area contributed by atoms with Gasteiger partial charge in [0.25, 0.3) is 0 Å². The highest BCUT2D eigenvalue weighted by Crippen LogP contribution is 2.45. The highest BCUT2D eigenvalue weighted by Gasteiger charge is 2.43. The first-order chi connectivity index (χ1) is 15.3. The van der Waals surface area contributed by atoms with Crippen LogP contribution in [0.1, 0.15) is 42.2 Å². The van der Waals surface area contributed by atoms with E-state index in [0.29, 0.717) is 42.9 Å². The summed E-state index contributed by atoms with van der Waals surface area (Å²) < 4.78 is 23.6. The molecule has 1 aromatic heterocycles. The van der Waals surface area contributed by atoms with Crippen LogP contribution < -0.4 is 15.2 Å². The van der Waals surface area contributed by atoms with Crippen LogP contribution in [-0.4, -0.2) is 56.8 Å². The minimum atomic E-state index is -0.670. The zero-order chi connectivity index (χ0) is 23.0. The molecule has 9 heteroatoms. The van der Waals surface area contributed by atoms with E-state index in [4.69, 9.17) is 30.5 Å². The summed E-state index contributed by atoms with van der Waals surface area (Å²) in [5, 5.41) is 2.59. The Morgan fingerprint density at radius 2 is 2.03 bits per heavy atom. The smallest absolute Gasteiger partial charge is 0.343 e. The SMILES string of the molecule is COCCCOc1cc2c(cc1Cl)-c1cc(=O)c(C(=O)OC)cn1N1[C@H]2COCC1(C)C. The van der Waals surface area contributed by atoms with E-state index in [-0.39, 0.29) is 11.6 Å². The number of carbonyl (C=O) groups excluding carboxylic acids is 1. The number of fused-ring (bicyclic) bond motifs is 6. The van der Waals surface area contributed by atoms with Gasteiger partial charge in [-0.3, -0.25) is 14.5 Å². The van der Waals surface area contributed by atoms with E-state index in [2.05, 4.69) is 18.9 Å². The fourth-order valence-corrected chi connectivity index (χ4v) is 4.59. The zero-order valence-electron chi connectivity index (χ0n) is 18.6. The maximum Gasteiger partial charge on any atom is 0.343 e. The third-order valence-electron chi connectivity index (χ3n) is 5.80. The number of nitrogens with zero attached hydrogens (tertiary/aromatic N) is 2. The van der Waals surface area contributed by atoms with Gasteiger partial charge in [0, 0.05) is 38.0 Å². The van der Waals surface area contributed by atoms with Gasteiger partial charge in [-0.25, -0.2) is 4.79 Å². The van der Waals surface area contributed by atoms with Crippen molar-refractivity contribution in [1.29, 1.82) is 0 Å². The van der Waals surface area contributed by atoms with E-state index in [1.165, 1.54) is 13.2 Å². The maximum atomic E-state index is 12.8. The number of carbonyl (C=O) groups is 1. The zero-order valence-corrected chi connectivity index (χ0v) is 19.4. The fourth-order valence-electron chi connectivity index (χ4n) is 4.37. The van der Waals surface area contributed by atoms with E-state index in [1.807, 2.05) is 16.8 Å². The molecule has 8 nitrogen and oxygen atoms in total. The Morgan fingerprint density at radius 3 is 2.75 bits per heavy atom. The number of rotatable bonds is 6. The molecule has 0 spiro atoms. The molecular formula is C23H27ClN2O6. The van der Waals surface area contributed by atoms with Crippen LogP contribution >= 0.6 is 11.6 Å². The van der Waals surface area contributed by atoms with Gasteiger partial charge in [0.1, 0.15) is 11.3 Å². The summed E-state index contributed by atoms with van der Waals surface area (Å²) >= 11 is 6.55. The molecule has 0 amide bonds. The van der Waals surface area contributed by atoms with Crippen molar-refractivity contribution in [2.45, 2.75) is 31.8 Å². The van der Waals surface area contributed by atoms with Gasteiger partial charge in [0.15, 0.2) is 5.43 Å². The number of pyridine rings is 1. The van der Waals surface area contributed by atoms with Gasteiger partial charge in [0.2, 0.25) is 0 Å². The molecule has 4 rings (SSSR count). The van der Waals surface area contributed by atoms with Crippen molar-refractivity contribution in [3.05, 3.63) is 50.8 Å². The average Bonchev–Trinajstić information content (AvgIpc) is 2.76. The van der Waals surface area contributed by atoms with Crippen molar-refractivity contribution in [1.82, 2.24) is 4.68 Å². The summed E-state index contributed by atoms with van der Waals surface area (Å²) in [4.78, 5) is 25.0. The first-order valence-corrected chi connectivity index (χ1v) is 10.8. The maximum absolute atomic E-state index is 12.8. The Morgan fingerprint density at radius 1 is 1.25 bits per heavy atom. The van der Waals surface area contributed by atoms with Gasteiger partial charge in [-0.2, -0.15) is 0 Å². The molecule has 0 unspecified atom stereocenters. The molecule has 172 valence electrons. The third kappa shape index (κ3) is 3.87. The number of morpholine rings is 1. The Hall–Kier alpha value is -2.55.